The van der Waals surface area contributed by atoms with Crippen molar-refractivity contribution in [3.05, 3.63) is 0 Å². The van der Waals surface area contributed by atoms with Crippen molar-refractivity contribution in [1.82, 2.24) is 10.8 Å². The lowest BCUT2D eigenvalue weighted by Crippen LogP contribution is -2.42. The Kier molecular flexibility index (Phi) is 3.41. The van der Waals surface area contributed by atoms with Gasteiger partial charge in [0.2, 0.25) is 5.91 Å². The third kappa shape index (κ3) is 3.02. The van der Waals surface area contributed by atoms with Crippen molar-refractivity contribution in [3.63, 3.8) is 0 Å². The largest absolute Gasteiger partial charge is 0.479 e. The van der Waals surface area contributed by atoms with Crippen LogP contribution in [0.4, 0.5) is 0 Å². The number of amides is 2. The van der Waals surface area contributed by atoms with E-state index in [9.17, 15) is 14.4 Å². The van der Waals surface area contributed by atoms with Gasteiger partial charge in [0.05, 0.1) is 0 Å². The molecule has 0 aliphatic carbocycles. The summed E-state index contributed by atoms with van der Waals surface area (Å²) in [6.07, 6.45) is 0.706. The van der Waals surface area contributed by atoms with Gasteiger partial charge >= 0.3 is 5.97 Å². The van der Waals surface area contributed by atoms with Crippen molar-refractivity contribution >= 4 is 17.8 Å². The molecule has 14 heavy (non-hydrogen) atoms. The van der Waals surface area contributed by atoms with Crippen LogP contribution in [0.5, 0.6) is 0 Å². The fourth-order valence-corrected chi connectivity index (χ4v) is 1.05. The molecule has 1 fully saturated rings. The highest BCUT2D eigenvalue weighted by Crippen LogP contribution is 2.05. The molecule has 3 N–H and O–H groups in total. The molecule has 1 saturated heterocycles. The summed E-state index contributed by atoms with van der Waals surface area (Å²) in [4.78, 5) is 36.2. The first-order valence-electron chi connectivity index (χ1n) is 4.02. The van der Waals surface area contributed by atoms with Gasteiger partial charge in [-0.2, -0.15) is 0 Å². The molecule has 2 amide bonds. The Hall–Kier alpha value is -1.63. The van der Waals surface area contributed by atoms with Gasteiger partial charge in [-0.1, -0.05) is 0 Å². The normalized spacial score (nSPS) is 20.3. The Morgan fingerprint density at radius 1 is 1.64 bits per heavy atom. The number of carbonyl (C=O) groups excluding carboxylic acids is 2. The average molecular weight is 202 g/mol. The molecule has 0 saturated carbocycles. The molecule has 1 rings (SSSR count). The molecule has 1 heterocycles. The van der Waals surface area contributed by atoms with E-state index >= 15 is 0 Å². The van der Waals surface area contributed by atoms with E-state index in [2.05, 4.69) is 10.2 Å². The highest BCUT2D eigenvalue weighted by molar-refractivity contribution is 5.90. The van der Waals surface area contributed by atoms with E-state index in [1.165, 1.54) is 0 Å². The van der Waals surface area contributed by atoms with E-state index in [4.69, 9.17) is 5.11 Å². The average Bonchev–Trinajstić information content (AvgIpc) is 2.51. The maximum absolute atomic E-state index is 11.1. The first-order chi connectivity index (χ1) is 6.59. The molecule has 0 bridgehead atoms. The number of carbonyl (C=O) groups is 3. The van der Waals surface area contributed by atoms with Crippen LogP contribution in [0.3, 0.4) is 0 Å². The number of carboxylic acid groups (broad SMARTS) is 1. The SMILES string of the molecule is O=C(O)CONC(=O)C1CCC(=O)N1. The zero-order chi connectivity index (χ0) is 10.6. The standard InChI is InChI=1S/C7H10N2O5/c10-5-2-1-4(8-5)7(13)9-14-3-6(11)12/h4H,1-3H2,(H,8,10)(H,9,13)(H,11,12). The van der Waals surface area contributed by atoms with Crippen molar-refractivity contribution in [1.29, 1.82) is 0 Å². The van der Waals surface area contributed by atoms with Gasteiger partial charge in [-0.05, 0) is 6.42 Å². The van der Waals surface area contributed by atoms with Gasteiger partial charge in [-0.3, -0.25) is 14.4 Å². The van der Waals surface area contributed by atoms with Crippen LogP contribution in [0.1, 0.15) is 12.8 Å². The molecule has 0 spiro atoms. The topological polar surface area (TPSA) is 105 Å². The smallest absolute Gasteiger partial charge is 0.332 e. The number of nitrogens with one attached hydrogen (secondary N) is 2. The summed E-state index contributed by atoms with van der Waals surface area (Å²) in [6.45, 7) is -0.605. The summed E-state index contributed by atoms with van der Waals surface area (Å²) in [5.41, 5.74) is 1.94. The number of aliphatic carboxylic acids is 1. The van der Waals surface area contributed by atoms with Gasteiger partial charge in [-0.15, -0.1) is 0 Å². The molecule has 1 aliphatic rings. The summed E-state index contributed by atoms with van der Waals surface area (Å²) in [7, 11) is 0. The van der Waals surface area contributed by atoms with E-state index in [0.717, 1.165) is 0 Å². The van der Waals surface area contributed by atoms with E-state index in [0.29, 0.717) is 12.8 Å². The zero-order valence-corrected chi connectivity index (χ0v) is 7.28. The molecule has 0 radical (unpaired) electrons. The predicted octanol–water partition coefficient (Wildman–Crippen LogP) is -1.60. The van der Waals surface area contributed by atoms with Crippen molar-refractivity contribution in [2.45, 2.75) is 18.9 Å². The maximum atomic E-state index is 11.1. The number of carboxylic acids is 1. The quantitative estimate of drug-likeness (QED) is 0.476. The van der Waals surface area contributed by atoms with Gasteiger partial charge < -0.3 is 10.4 Å². The van der Waals surface area contributed by atoms with Crippen LogP contribution in [0.15, 0.2) is 0 Å². The summed E-state index contributed by atoms with van der Waals surface area (Å²) in [5.74, 6) is -1.90. The molecule has 0 aromatic carbocycles. The maximum Gasteiger partial charge on any atom is 0.332 e. The number of hydrogen-bond acceptors (Lipinski definition) is 4. The summed E-state index contributed by atoms with van der Waals surface area (Å²) in [6, 6.07) is -0.615. The predicted molar refractivity (Wildman–Crippen MR) is 42.9 cm³/mol. The van der Waals surface area contributed by atoms with Crippen LogP contribution in [0, 0.1) is 0 Å². The molecular formula is C7H10N2O5. The molecular weight excluding hydrogens is 192 g/mol. The highest BCUT2D eigenvalue weighted by Gasteiger charge is 2.27. The minimum absolute atomic E-state index is 0.191. The van der Waals surface area contributed by atoms with Crippen LogP contribution < -0.4 is 10.8 Å². The minimum Gasteiger partial charge on any atom is -0.479 e. The van der Waals surface area contributed by atoms with Crippen LogP contribution >= 0.6 is 0 Å². The first-order valence-corrected chi connectivity index (χ1v) is 4.02. The fraction of sp³-hybridized carbons (Fsp3) is 0.571. The van der Waals surface area contributed by atoms with Crippen molar-refractivity contribution in [2.24, 2.45) is 0 Å². The highest BCUT2D eigenvalue weighted by atomic mass is 16.7. The third-order valence-corrected chi connectivity index (χ3v) is 1.68. The molecule has 0 aromatic heterocycles. The third-order valence-electron chi connectivity index (χ3n) is 1.68. The van der Waals surface area contributed by atoms with Crippen LogP contribution in [0.25, 0.3) is 0 Å². The van der Waals surface area contributed by atoms with E-state index in [1.807, 2.05) is 5.48 Å². The van der Waals surface area contributed by atoms with E-state index < -0.39 is 24.5 Å². The zero-order valence-electron chi connectivity index (χ0n) is 7.28. The number of hydroxylamine groups is 1. The van der Waals surface area contributed by atoms with Crippen molar-refractivity contribution < 1.29 is 24.3 Å². The molecule has 78 valence electrons. The second-order valence-corrected chi connectivity index (χ2v) is 2.81. The van der Waals surface area contributed by atoms with Gasteiger partial charge in [0.25, 0.3) is 5.91 Å². The molecule has 1 unspecified atom stereocenters. The lowest BCUT2D eigenvalue weighted by Gasteiger charge is -2.09. The minimum atomic E-state index is -1.18. The van der Waals surface area contributed by atoms with Crippen LogP contribution in [-0.2, 0) is 19.2 Å². The monoisotopic (exact) mass is 202 g/mol. The second kappa shape index (κ2) is 4.56. The first kappa shape index (κ1) is 10.5. The van der Waals surface area contributed by atoms with E-state index in [-0.39, 0.29) is 5.91 Å². The Morgan fingerprint density at radius 2 is 2.36 bits per heavy atom. The van der Waals surface area contributed by atoms with Crippen LogP contribution in [-0.4, -0.2) is 35.5 Å². The Morgan fingerprint density at radius 3 is 2.86 bits per heavy atom. The second-order valence-electron chi connectivity index (χ2n) is 2.81. The van der Waals surface area contributed by atoms with Gasteiger partial charge in [0.1, 0.15) is 6.04 Å². The lowest BCUT2D eigenvalue weighted by molar-refractivity contribution is -0.150. The van der Waals surface area contributed by atoms with Gasteiger partial charge in [-0.25, -0.2) is 10.3 Å². The summed E-state index contributed by atoms with van der Waals surface area (Å²) >= 11 is 0. The number of rotatable bonds is 4. The number of hydrogen-bond donors (Lipinski definition) is 3. The Balaban J connectivity index is 2.22. The molecule has 7 heteroatoms. The molecule has 1 aliphatic heterocycles. The Bertz CT molecular complexity index is 265. The molecule has 0 aromatic rings. The summed E-state index contributed by atoms with van der Waals surface area (Å²) in [5, 5.41) is 10.6. The van der Waals surface area contributed by atoms with Crippen molar-refractivity contribution in [3.8, 4) is 0 Å². The Labute approximate surface area is 79.4 Å². The van der Waals surface area contributed by atoms with Gasteiger partial charge in [0, 0.05) is 6.42 Å². The van der Waals surface area contributed by atoms with Crippen molar-refractivity contribution in [2.75, 3.05) is 6.61 Å². The molecule has 1 atom stereocenters. The molecule has 7 nitrogen and oxygen atoms in total. The lowest BCUT2D eigenvalue weighted by atomic mass is 10.2. The van der Waals surface area contributed by atoms with Crippen LogP contribution in [0.2, 0.25) is 0 Å². The summed E-state index contributed by atoms with van der Waals surface area (Å²) < 4.78 is 0. The van der Waals surface area contributed by atoms with Gasteiger partial charge in [0.15, 0.2) is 6.61 Å². The van der Waals surface area contributed by atoms with E-state index in [1.54, 1.807) is 0 Å². The fourth-order valence-electron chi connectivity index (χ4n) is 1.05.